The Morgan fingerprint density at radius 2 is 1.84 bits per heavy atom. The van der Waals surface area contributed by atoms with Crippen LogP contribution in [0, 0.1) is 0 Å². The van der Waals surface area contributed by atoms with Crippen molar-refractivity contribution in [3.63, 3.8) is 0 Å². The molecule has 2 nitrogen and oxygen atoms in total. The van der Waals surface area contributed by atoms with Crippen LogP contribution in [0.25, 0.3) is 0 Å². The van der Waals surface area contributed by atoms with E-state index in [2.05, 4.69) is 31.9 Å². The van der Waals surface area contributed by atoms with Gasteiger partial charge in [0.05, 0.1) is 7.11 Å². The molecule has 0 aliphatic heterocycles. The summed E-state index contributed by atoms with van der Waals surface area (Å²) in [5.74, 6) is 0.562. The third-order valence-corrected chi connectivity index (χ3v) is 4.19. The Labute approximate surface area is 133 Å². The van der Waals surface area contributed by atoms with Crippen molar-refractivity contribution in [1.29, 1.82) is 0 Å². The Morgan fingerprint density at radius 1 is 1.11 bits per heavy atom. The summed E-state index contributed by atoms with van der Waals surface area (Å²) in [6, 6.07) is 10.8. The van der Waals surface area contributed by atoms with Crippen LogP contribution in [-0.2, 0) is 0 Å². The van der Waals surface area contributed by atoms with E-state index in [1.807, 2.05) is 18.2 Å². The first kappa shape index (κ1) is 14.9. The van der Waals surface area contributed by atoms with E-state index in [1.54, 1.807) is 25.3 Å². The highest BCUT2D eigenvalue weighted by molar-refractivity contribution is 9.11. The minimum absolute atomic E-state index is 0.562. The molecule has 0 radical (unpaired) electrons. The standard InChI is InChI=1S/C14H11Br2ClO2/c1-19-13-7-9(17)3-4-10(13)14(18)11-6-8(15)2-5-12(11)16/h2-7,14,18H,1H3. The van der Waals surface area contributed by atoms with Gasteiger partial charge in [-0.1, -0.05) is 49.5 Å². The molecule has 0 bridgehead atoms. The second-order valence-electron chi connectivity index (χ2n) is 3.95. The van der Waals surface area contributed by atoms with Crippen LogP contribution < -0.4 is 4.74 Å². The van der Waals surface area contributed by atoms with Gasteiger partial charge in [-0.3, -0.25) is 0 Å². The highest BCUT2D eigenvalue weighted by Crippen LogP contribution is 2.36. The van der Waals surface area contributed by atoms with E-state index in [4.69, 9.17) is 16.3 Å². The summed E-state index contributed by atoms with van der Waals surface area (Å²) in [5, 5.41) is 11.1. The van der Waals surface area contributed by atoms with Gasteiger partial charge in [0, 0.05) is 25.1 Å². The van der Waals surface area contributed by atoms with Crippen LogP contribution in [0.5, 0.6) is 5.75 Å². The van der Waals surface area contributed by atoms with Crippen molar-refractivity contribution in [3.8, 4) is 5.75 Å². The summed E-state index contributed by atoms with van der Waals surface area (Å²) < 4.78 is 7.00. The van der Waals surface area contributed by atoms with Crippen molar-refractivity contribution in [1.82, 2.24) is 0 Å². The van der Waals surface area contributed by atoms with Gasteiger partial charge in [-0.25, -0.2) is 0 Å². The molecule has 1 N–H and O–H groups in total. The van der Waals surface area contributed by atoms with E-state index >= 15 is 0 Å². The lowest BCUT2D eigenvalue weighted by Gasteiger charge is -2.17. The second-order valence-corrected chi connectivity index (χ2v) is 6.16. The number of methoxy groups -OCH3 is 1. The minimum Gasteiger partial charge on any atom is -0.496 e. The Hall–Kier alpha value is -0.550. The number of aliphatic hydroxyl groups is 1. The molecule has 0 fully saturated rings. The smallest absolute Gasteiger partial charge is 0.126 e. The molecule has 0 aliphatic rings. The molecule has 19 heavy (non-hydrogen) atoms. The molecule has 0 spiro atoms. The molecule has 1 unspecified atom stereocenters. The number of aliphatic hydroxyl groups excluding tert-OH is 1. The Morgan fingerprint density at radius 3 is 2.53 bits per heavy atom. The van der Waals surface area contributed by atoms with Crippen LogP contribution >= 0.6 is 43.5 Å². The zero-order valence-corrected chi connectivity index (χ0v) is 14.0. The Balaban J connectivity index is 2.49. The first-order chi connectivity index (χ1) is 9.02. The molecule has 0 aromatic heterocycles. The molecule has 2 rings (SSSR count). The molecule has 2 aromatic rings. The van der Waals surface area contributed by atoms with Crippen molar-refractivity contribution in [2.75, 3.05) is 7.11 Å². The Kier molecular flexibility index (Phi) is 4.90. The number of rotatable bonds is 3. The summed E-state index contributed by atoms with van der Waals surface area (Å²) in [4.78, 5) is 0. The summed E-state index contributed by atoms with van der Waals surface area (Å²) in [7, 11) is 1.55. The van der Waals surface area contributed by atoms with Crippen LogP contribution in [0.15, 0.2) is 45.3 Å². The van der Waals surface area contributed by atoms with Crippen LogP contribution in [0.3, 0.4) is 0 Å². The van der Waals surface area contributed by atoms with E-state index in [9.17, 15) is 5.11 Å². The zero-order valence-electron chi connectivity index (χ0n) is 10.0. The molecule has 0 heterocycles. The fourth-order valence-corrected chi connectivity index (χ4v) is 2.81. The van der Waals surface area contributed by atoms with Crippen molar-refractivity contribution in [2.45, 2.75) is 6.10 Å². The summed E-state index contributed by atoms with van der Waals surface area (Å²) in [6.45, 7) is 0. The Bertz CT molecular complexity index is 602. The molecule has 2 aromatic carbocycles. The number of hydrogen-bond donors (Lipinski definition) is 1. The fourth-order valence-electron chi connectivity index (χ4n) is 1.80. The lowest BCUT2D eigenvalue weighted by molar-refractivity contribution is 0.214. The maximum Gasteiger partial charge on any atom is 0.126 e. The molecule has 1 atom stereocenters. The second kappa shape index (κ2) is 6.27. The van der Waals surface area contributed by atoms with E-state index in [-0.39, 0.29) is 0 Å². The van der Waals surface area contributed by atoms with Crippen LogP contribution in [-0.4, -0.2) is 12.2 Å². The van der Waals surface area contributed by atoms with Crippen molar-refractivity contribution >= 4 is 43.5 Å². The summed E-state index contributed by atoms with van der Waals surface area (Å²) >= 11 is 12.8. The van der Waals surface area contributed by atoms with Crippen LogP contribution in [0.1, 0.15) is 17.2 Å². The molecule has 0 saturated heterocycles. The highest BCUT2D eigenvalue weighted by atomic mass is 79.9. The van der Waals surface area contributed by atoms with Crippen molar-refractivity contribution in [3.05, 3.63) is 61.5 Å². The average Bonchev–Trinajstić information content (AvgIpc) is 2.40. The minimum atomic E-state index is -0.793. The quantitative estimate of drug-likeness (QED) is 0.781. The molecule has 100 valence electrons. The zero-order chi connectivity index (χ0) is 14.0. The van der Waals surface area contributed by atoms with E-state index in [0.717, 1.165) is 14.5 Å². The van der Waals surface area contributed by atoms with Gasteiger partial charge in [-0.05, 0) is 30.3 Å². The van der Waals surface area contributed by atoms with Gasteiger partial charge in [0.25, 0.3) is 0 Å². The van der Waals surface area contributed by atoms with Gasteiger partial charge in [-0.15, -0.1) is 0 Å². The SMILES string of the molecule is COc1cc(Cl)ccc1C(O)c1cc(Br)ccc1Br. The predicted molar refractivity (Wildman–Crippen MR) is 83.9 cm³/mol. The van der Waals surface area contributed by atoms with E-state index in [1.165, 1.54) is 0 Å². The van der Waals surface area contributed by atoms with E-state index in [0.29, 0.717) is 16.3 Å². The van der Waals surface area contributed by atoms with Crippen molar-refractivity contribution in [2.24, 2.45) is 0 Å². The van der Waals surface area contributed by atoms with Crippen LogP contribution in [0.4, 0.5) is 0 Å². The maximum atomic E-state index is 10.5. The summed E-state index contributed by atoms with van der Waals surface area (Å²) in [5.41, 5.74) is 1.43. The lowest BCUT2D eigenvalue weighted by atomic mass is 10.0. The van der Waals surface area contributed by atoms with Gasteiger partial charge < -0.3 is 9.84 Å². The average molecular weight is 407 g/mol. The van der Waals surface area contributed by atoms with Gasteiger partial charge in [-0.2, -0.15) is 0 Å². The van der Waals surface area contributed by atoms with Gasteiger partial charge in [0.1, 0.15) is 11.9 Å². The molecule has 0 aliphatic carbocycles. The monoisotopic (exact) mass is 404 g/mol. The number of benzene rings is 2. The van der Waals surface area contributed by atoms with E-state index < -0.39 is 6.10 Å². The normalized spacial score (nSPS) is 12.3. The third-order valence-electron chi connectivity index (χ3n) is 2.74. The first-order valence-electron chi connectivity index (χ1n) is 5.49. The largest absolute Gasteiger partial charge is 0.496 e. The highest BCUT2D eigenvalue weighted by Gasteiger charge is 2.18. The first-order valence-corrected chi connectivity index (χ1v) is 7.45. The number of ether oxygens (including phenoxy) is 1. The number of halogens is 3. The number of hydrogen-bond acceptors (Lipinski definition) is 2. The summed E-state index contributed by atoms with van der Waals surface area (Å²) in [6.07, 6.45) is -0.793. The molecule has 0 saturated carbocycles. The predicted octanol–water partition coefficient (Wildman–Crippen LogP) is 4.96. The topological polar surface area (TPSA) is 29.5 Å². The van der Waals surface area contributed by atoms with Gasteiger partial charge in [0.2, 0.25) is 0 Å². The molecule has 0 amide bonds. The van der Waals surface area contributed by atoms with Gasteiger partial charge in [0.15, 0.2) is 0 Å². The maximum absolute atomic E-state index is 10.5. The lowest BCUT2D eigenvalue weighted by Crippen LogP contribution is -2.03. The third kappa shape index (κ3) is 3.31. The van der Waals surface area contributed by atoms with Gasteiger partial charge >= 0.3 is 0 Å². The van der Waals surface area contributed by atoms with Crippen LogP contribution in [0.2, 0.25) is 5.02 Å². The van der Waals surface area contributed by atoms with Crippen molar-refractivity contribution < 1.29 is 9.84 Å². The molecule has 5 heteroatoms. The fraction of sp³-hybridized carbons (Fsp3) is 0.143. The molecular formula is C14H11Br2ClO2. The molecular weight excluding hydrogens is 395 g/mol.